The minimum atomic E-state index is -0.0177. The molecule has 2 fully saturated rings. The van der Waals surface area contributed by atoms with Crippen LogP contribution < -0.4 is 26.2 Å². The number of hydrazine groups is 1. The van der Waals surface area contributed by atoms with E-state index in [1.807, 2.05) is 6.07 Å². The number of rotatable bonds is 7. The summed E-state index contributed by atoms with van der Waals surface area (Å²) in [6.45, 7) is 6.81. The van der Waals surface area contributed by atoms with Gasteiger partial charge in [-0.15, -0.1) is 0 Å². The second-order valence-electron chi connectivity index (χ2n) is 8.68. The van der Waals surface area contributed by atoms with Gasteiger partial charge < -0.3 is 20.3 Å². The number of ether oxygens (including phenoxy) is 1. The van der Waals surface area contributed by atoms with Gasteiger partial charge >= 0.3 is 0 Å². The standard InChI is InChI=1S/C23H32N8O/c1-15(2)31-8-6-16(7-9-31)27-17-4-5-19(21(10-17)32-3)20-11-22(30-29-20)28-23-14-25-18(12-24)13-26-23/h4-5,10,13-16,20,22,27,29-30H,6-9,11H2,1-3H3,(H,26,28). The lowest BCUT2D eigenvalue weighted by atomic mass is 10.0. The quantitative estimate of drug-likeness (QED) is 0.520. The van der Waals surface area contributed by atoms with Crippen molar-refractivity contribution < 1.29 is 4.74 Å². The molecule has 0 saturated carbocycles. The zero-order valence-electron chi connectivity index (χ0n) is 18.9. The topological polar surface area (TPSA) is 110 Å². The van der Waals surface area contributed by atoms with E-state index in [2.05, 4.69) is 68.4 Å². The van der Waals surface area contributed by atoms with E-state index in [4.69, 9.17) is 10.00 Å². The molecular weight excluding hydrogens is 404 g/mol. The Kier molecular flexibility index (Phi) is 7.05. The van der Waals surface area contributed by atoms with Crippen molar-refractivity contribution in [2.75, 3.05) is 30.8 Å². The average Bonchev–Trinajstić information content (AvgIpc) is 3.28. The Morgan fingerprint density at radius 1 is 1.16 bits per heavy atom. The number of likely N-dealkylation sites (tertiary alicyclic amines) is 1. The smallest absolute Gasteiger partial charge is 0.158 e. The number of methoxy groups -OCH3 is 1. The SMILES string of the molecule is COc1cc(NC2CCN(C(C)C)CC2)ccc1C1CC(Nc2cnc(C#N)cn2)NN1. The van der Waals surface area contributed by atoms with Crippen molar-refractivity contribution in [2.24, 2.45) is 0 Å². The Morgan fingerprint density at radius 2 is 1.97 bits per heavy atom. The first kappa shape index (κ1) is 22.3. The van der Waals surface area contributed by atoms with Crippen LogP contribution in [0, 0.1) is 11.3 Å². The number of nitriles is 1. The number of nitrogens with one attached hydrogen (secondary N) is 4. The lowest BCUT2D eigenvalue weighted by molar-refractivity contribution is 0.177. The third kappa shape index (κ3) is 5.27. The molecule has 2 aliphatic rings. The lowest BCUT2D eigenvalue weighted by Gasteiger charge is -2.35. The van der Waals surface area contributed by atoms with Crippen molar-refractivity contribution in [3.8, 4) is 11.8 Å². The molecule has 0 bridgehead atoms. The van der Waals surface area contributed by atoms with Gasteiger partial charge in [0, 0.05) is 48.9 Å². The van der Waals surface area contributed by atoms with Crippen molar-refractivity contribution in [3.05, 3.63) is 41.9 Å². The Balaban J connectivity index is 1.35. The molecule has 2 saturated heterocycles. The average molecular weight is 437 g/mol. The van der Waals surface area contributed by atoms with Gasteiger partial charge in [0.15, 0.2) is 5.69 Å². The van der Waals surface area contributed by atoms with Gasteiger partial charge in [0.25, 0.3) is 0 Å². The molecule has 9 nitrogen and oxygen atoms in total. The summed E-state index contributed by atoms with van der Waals surface area (Å²) in [5.74, 6) is 1.49. The molecule has 2 atom stereocenters. The van der Waals surface area contributed by atoms with Gasteiger partial charge in [0.2, 0.25) is 0 Å². The van der Waals surface area contributed by atoms with Crippen LogP contribution in [-0.4, -0.2) is 53.3 Å². The summed E-state index contributed by atoms with van der Waals surface area (Å²) in [6.07, 6.45) is 6.13. The molecule has 1 aromatic carbocycles. The second-order valence-corrected chi connectivity index (χ2v) is 8.68. The lowest BCUT2D eigenvalue weighted by Crippen LogP contribution is -2.42. The predicted octanol–water partition coefficient (Wildman–Crippen LogP) is 2.62. The fourth-order valence-electron chi connectivity index (χ4n) is 4.38. The Labute approximate surface area is 189 Å². The fourth-order valence-corrected chi connectivity index (χ4v) is 4.38. The minimum absolute atomic E-state index is 0.0177. The monoisotopic (exact) mass is 436 g/mol. The molecule has 2 aromatic rings. The van der Waals surface area contributed by atoms with Gasteiger partial charge in [-0.2, -0.15) is 5.26 Å². The maximum atomic E-state index is 8.85. The highest BCUT2D eigenvalue weighted by molar-refractivity contribution is 5.53. The maximum Gasteiger partial charge on any atom is 0.158 e. The molecule has 3 heterocycles. The summed E-state index contributed by atoms with van der Waals surface area (Å²) >= 11 is 0. The van der Waals surface area contributed by atoms with Gasteiger partial charge in [0.05, 0.1) is 31.7 Å². The summed E-state index contributed by atoms with van der Waals surface area (Å²) in [6, 6.07) is 9.55. The van der Waals surface area contributed by atoms with E-state index in [0.29, 0.717) is 23.6 Å². The molecule has 0 amide bonds. The van der Waals surface area contributed by atoms with E-state index >= 15 is 0 Å². The molecule has 170 valence electrons. The summed E-state index contributed by atoms with van der Waals surface area (Å²) in [4.78, 5) is 10.8. The highest BCUT2D eigenvalue weighted by atomic mass is 16.5. The van der Waals surface area contributed by atoms with E-state index in [1.165, 1.54) is 6.20 Å². The molecule has 1 aromatic heterocycles. The van der Waals surface area contributed by atoms with Crippen LogP contribution in [0.25, 0.3) is 0 Å². The normalized spacial score (nSPS) is 22.0. The molecule has 0 radical (unpaired) electrons. The van der Waals surface area contributed by atoms with E-state index in [0.717, 1.165) is 49.4 Å². The van der Waals surface area contributed by atoms with Crippen molar-refractivity contribution in [2.45, 2.75) is 57.4 Å². The zero-order chi connectivity index (χ0) is 22.5. The van der Waals surface area contributed by atoms with Crippen LogP contribution in [0.2, 0.25) is 0 Å². The molecule has 4 rings (SSSR count). The molecule has 2 aliphatic heterocycles. The largest absolute Gasteiger partial charge is 0.496 e. The van der Waals surface area contributed by atoms with Crippen LogP contribution >= 0.6 is 0 Å². The van der Waals surface area contributed by atoms with Crippen LogP contribution in [-0.2, 0) is 0 Å². The van der Waals surface area contributed by atoms with E-state index in [-0.39, 0.29) is 12.2 Å². The first-order chi connectivity index (χ1) is 15.6. The summed E-state index contributed by atoms with van der Waals surface area (Å²) in [7, 11) is 1.72. The Hall–Kier alpha value is -2.93. The van der Waals surface area contributed by atoms with Crippen molar-refractivity contribution in [1.82, 2.24) is 25.7 Å². The first-order valence-corrected chi connectivity index (χ1v) is 11.2. The molecule has 0 spiro atoms. The number of anilines is 2. The molecule has 9 heteroatoms. The van der Waals surface area contributed by atoms with Crippen LogP contribution in [0.4, 0.5) is 11.5 Å². The molecule has 0 aliphatic carbocycles. The number of nitrogens with zero attached hydrogens (tertiary/aromatic N) is 4. The van der Waals surface area contributed by atoms with E-state index in [1.54, 1.807) is 13.3 Å². The predicted molar refractivity (Wildman–Crippen MR) is 124 cm³/mol. The summed E-state index contributed by atoms with van der Waals surface area (Å²) in [5.41, 5.74) is 9.10. The summed E-state index contributed by atoms with van der Waals surface area (Å²) in [5, 5.41) is 15.8. The maximum absolute atomic E-state index is 8.85. The van der Waals surface area contributed by atoms with Crippen molar-refractivity contribution in [1.29, 1.82) is 5.26 Å². The van der Waals surface area contributed by atoms with Crippen LogP contribution in [0.1, 0.15) is 50.4 Å². The highest BCUT2D eigenvalue weighted by Gasteiger charge is 2.28. The van der Waals surface area contributed by atoms with E-state index in [9.17, 15) is 0 Å². The van der Waals surface area contributed by atoms with Gasteiger partial charge in [0.1, 0.15) is 17.6 Å². The van der Waals surface area contributed by atoms with Crippen molar-refractivity contribution in [3.63, 3.8) is 0 Å². The third-order valence-corrected chi connectivity index (χ3v) is 6.23. The van der Waals surface area contributed by atoms with Gasteiger partial charge in [-0.1, -0.05) is 6.07 Å². The number of hydrogen-bond donors (Lipinski definition) is 4. The number of benzene rings is 1. The number of aromatic nitrogens is 2. The van der Waals surface area contributed by atoms with Gasteiger partial charge in [-0.05, 0) is 32.8 Å². The van der Waals surface area contributed by atoms with Crippen LogP contribution in [0.3, 0.4) is 0 Å². The number of piperidine rings is 1. The molecule has 2 unspecified atom stereocenters. The minimum Gasteiger partial charge on any atom is -0.496 e. The molecular formula is C23H32N8O. The molecule has 4 N–H and O–H groups in total. The van der Waals surface area contributed by atoms with Gasteiger partial charge in [-0.25, -0.2) is 20.8 Å². The zero-order valence-corrected chi connectivity index (χ0v) is 18.9. The first-order valence-electron chi connectivity index (χ1n) is 11.2. The Bertz CT molecular complexity index is 934. The van der Waals surface area contributed by atoms with E-state index < -0.39 is 0 Å². The third-order valence-electron chi connectivity index (χ3n) is 6.23. The van der Waals surface area contributed by atoms with Crippen molar-refractivity contribution >= 4 is 11.5 Å². The molecule has 32 heavy (non-hydrogen) atoms. The fraction of sp³-hybridized carbons (Fsp3) is 0.522. The van der Waals surface area contributed by atoms with Gasteiger partial charge in [-0.3, -0.25) is 0 Å². The second kappa shape index (κ2) is 10.1. The van der Waals surface area contributed by atoms with Crippen LogP contribution in [0.5, 0.6) is 5.75 Å². The number of hydrogen-bond acceptors (Lipinski definition) is 9. The summed E-state index contributed by atoms with van der Waals surface area (Å²) < 4.78 is 5.73. The Morgan fingerprint density at radius 3 is 2.62 bits per heavy atom. The highest BCUT2D eigenvalue weighted by Crippen LogP contribution is 2.33. The van der Waals surface area contributed by atoms with Crippen LogP contribution in [0.15, 0.2) is 30.6 Å².